The minimum Gasteiger partial charge on any atom is -0.219 e. The predicted molar refractivity (Wildman–Crippen MR) is 44.0 cm³/mol. The number of halogens is 3. The van der Waals surface area contributed by atoms with Gasteiger partial charge in [0.15, 0.2) is 0 Å². The van der Waals surface area contributed by atoms with Gasteiger partial charge in [0.2, 0.25) is 5.79 Å². The van der Waals surface area contributed by atoms with E-state index in [4.69, 9.17) is 0 Å². The van der Waals surface area contributed by atoms with Crippen molar-refractivity contribution >= 4 is 12.8 Å². The molecule has 0 aromatic heterocycles. The molecule has 5 heteroatoms. The largest absolute Gasteiger partial charge is 0.295 e. The minimum absolute atomic E-state index is 0.233. The van der Waals surface area contributed by atoms with Crippen molar-refractivity contribution in [1.29, 1.82) is 0 Å². The summed E-state index contributed by atoms with van der Waals surface area (Å²) in [4.78, 5) is 0. The summed E-state index contributed by atoms with van der Waals surface area (Å²) >= 11 is 3.71. The fourth-order valence-electron chi connectivity index (χ4n) is 1.45. The third-order valence-electron chi connectivity index (χ3n) is 2.30. The molecule has 1 aliphatic rings. The van der Waals surface area contributed by atoms with Crippen molar-refractivity contribution in [3.8, 4) is 0 Å². The molecular weight excluding hydrogens is 187 g/mol. The highest BCUT2D eigenvalue weighted by Gasteiger charge is 2.58. The zero-order valence-electron chi connectivity index (χ0n) is 6.86. The van der Waals surface area contributed by atoms with Crippen LogP contribution in [0.5, 0.6) is 0 Å². The highest BCUT2D eigenvalue weighted by Crippen LogP contribution is 2.45. The van der Waals surface area contributed by atoms with Crippen molar-refractivity contribution in [2.45, 2.75) is 37.9 Å². The summed E-state index contributed by atoms with van der Waals surface area (Å²) in [6.45, 7) is 1.69. The first kappa shape index (κ1) is 10.2. The Kier molecular flexibility index (Phi) is 2.63. The monoisotopic (exact) mass is 199 g/mol. The molecule has 72 valence electrons. The Morgan fingerprint density at radius 2 is 2.00 bits per heavy atom. The fourth-order valence-corrected chi connectivity index (χ4v) is 1.88. The van der Waals surface area contributed by atoms with E-state index in [-0.39, 0.29) is 19.4 Å². The number of nitrogens with zero attached hydrogens (tertiary/aromatic N) is 1. The third kappa shape index (κ3) is 1.33. The molecule has 1 unspecified atom stereocenters. The van der Waals surface area contributed by atoms with Crippen molar-refractivity contribution < 1.29 is 13.2 Å². The van der Waals surface area contributed by atoms with E-state index in [1.54, 1.807) is 0 Å². The standard InChI is InChI=1S/C7H12F3NS/c1-2-7(10)6(8,9)4-3-5-11(7)12/h12H,2-5H2,1H3. The lowest BCUT2D eigenvalue weighted by Crippen LogP contribution is -2.57. The van der Waals surface area contributed by atoms with Crippen LogP contribution in [-0.2, 0) is 0 Å². The van der Waals surface area contributed by atoms with Crippen LogP contribution in [0.3, 0.4) is 0 Å². The molecule has 0 saturated carbocycles. The Balaban J connectivity index is 2.88. The normalized spacial score (nSPS) is 36.8. The number of piperidine rings is 1. The van der Waals surface area contributed by atoms with E-state index in [9.17, 15) is 13.2 Å². The van der Waals surface area contributed by atoms with Gasteiger partial charge in [-0.15, -0.1) is 0 Å². The SMILES string of the molecule is CCC1(F)N(S)CCCC1(F)F. The highest BCUT2D eigenvalue weighted by molar-refractivity contribution is 7.77. The van der Waals surface area contributed by atoms with Crippen LogP contribution in [0.2, 0.25) is 0 Å². The Bertz CT molecular complexity index is 176. The molecule has 1 rings (SSSR count). The molecule has 1 fully saturated rings. The van der Waals surface area contributed by atoms with Crippen LogP contribution in [0.25, 0.3) is 0 Å². The van der Waals surface area contributed by atoms with Gasteiger partial charge in [0.05, 0.1) is 0 Å². The number of rotatable bonds is 1. The van der Waals surface area contributed by atoms with Crippen molar-refractivity contribution in [2.24, 2.45) is 0 Å². The number of hydrogen-bond acceptors (Lipinski definition) is 2. The summed E-state index contributed by atoms with van der Waals surface area (Å²) in [7, 11) is 0. The zero-order valence-corrected chi connectivity index (χ0v) is 7.75. The Labute approximate surface area is 75.5 Å². The first-order valence-corrected chi connectivity index (χ1v) is 4.37. The van der Waals surface area contributed by atoms with Crippen LogP contribution >= 0.6 is 12.8 Å². The molecule has 1 atom stereocenters. The van der Waals surface area contributed by atoms with Gasteiger partial charge in [0.1, 0.15) is 0 Å². The Morgan fingerprint density at radius 1 is 1.42 bits per heavy atom. The lowest BCUT2D eigenvalue weighted by atomic mass is 9.95. The van der Waals surface area contributed by atoms with E-state index < -0.39 is 11.7 Å². The van der Waals surface area contributed by atoms with E-state index in [0.717, 1.165) is 4.31 Å². The van der Waals surface area contributed by atoms with Gasteiger partial charge in [-0.3, -0.25) is 0 Å². The summed E-state index contributed by atoms with van der Waals surface area (Å²) in [6, 6.07) is 0. The molecule has 0 bridgehead atoms. The van der Waals surface area contributed by atoms with Gasteiger partial charge in [-0.1, -0.05) is 19.7 Å². The van der Waals surface area contributed by atoms with Gasteiger partial charge in [-0.2, -0.15) is 0 Å². The van der Waals surface area contributed by atoms with Gasteiger partial charge in [-0.25, -0.2) is 17.5 Å². The zero-order chi connectivity index (χ0) is 9.41. The number of hydrogen-bond donors (Lipinski definition) is 1. The maximum absolute atomic E-state index is 13.6. The second-order valence-electron chi connectivity index (χ2n) is 3.04. The molecule has 0 aromatic carbocycles. The molecular formula is C7H12F3NS. The first-order valence-electron chi connectivity index (χ1n) is 3.97. The van der Waals surface area contributed by atoms with Gasteiger partial charge >= 0.3 is 0 Å². The van der Waals surface area contributed by atoms with Crippen LogP contribution in [0.15, 0.2) is 0 Å². The molecule has 12 heavy (non-hydrogen) atoms. The summed E-state index contributed by atoms with van der Waals surface area (Å²) in [6.07, 6.45) is -0.319. The molecule has 1 aliphatic heterocycles. The predicted octanol–water partition coefficient (Wildman–Crippen LogP) is 2.64. The number of thiol groups is 1. The molecule has 1 nitrogen and oxygen atoms in total. The molecule has 1 heterocycles. The van der Waals surface area contributed by atoms with Crippen LogP contribution in [-0.4, -0.2) is 22.6 Å². The average Bonchev–Trinajstić information content (AvgIpc) is 2.00. The van der Waals surface area contributed by atoms with Crippen LogP contribution in [0, 0.1) is 0 Å². The lowest BCUT2D eigenvalue weighted by Gasteiger charge is -2.42. The van der Waals surface area contributed by atoms with Crippen molar-refractivity contribution in [2.75, 3.05) is 6.54 Å². The minimum atomic E-state index is -3.26. The third-order valence-corrected chi connectivity index (χ3v) is 2.82. The number of alkyl halides is 3. The maximum Gasteiger partial charge on any atom is 0.295 e. The van der Waals surface area contributed by atoms with Gasteiger partial charge in [0, 0.05) is 13.0 Å². The summed E-state index contributed by atoms with van der Waals surface area (Å²) in [5.74, 6) is -5.82. The molecule has 0 aromatic rings. The lowest BCUT2D eigenvalue weighted by molar-refractivity contribution is -0.209. The van der Waals surface area contributed by atoms with Crippen molar-refractivity contribution in [3.05, 3.63) is 0 Å². The molecule has 1 saturated heterocycles. The molecule has 0 aliphatic carbocycles. The first-order chi connectivity index (χ1) is 5.44. The summed E-state index contributed by atoms with van der Waals surface area (Å²) < 4.78 is 40.5. The van der Waals surface area contributed by atoms with Crippen molar-refractivity contribution in [1.82, 2.24) is 4.31 Å². The van der Waals surface area contributed by atoms with E-state index in [1.807, 2.05) is 0 Å². The summed E-state index contributed by atoms with van der Waals surface area (Å²) in [5, 5.41) is 0. The average molecular weight is 199 g/mol. The Morgan fingerprint density at radius 3 is 2.33 bits per heavy atom. The second kappa shape index (κ2) is 3.10. The van der Waals surface area contributed by atoms with Gasteiger partial charge < -0.3 is 0 Å². The Hall–Kier alpha value is 0.1000. The van der Waals surface area contributed by atoms with Gasteiger partial charge in [0.25, 0.3) is 5.92 Å². The van der Waals surface area contributed by atoms with E-state index in [2.05, 4.69) is 12.8 Å². The molecule has 0 N–H and O–H groups in total. The van der Waals surface area contributed by atoms with Gasteiger partial charge in [-0.05, 0) is 12.8 Å². The second-order valence-corrected chi connectivity index (χ2v) is 3.53. The van der Waals surface area contributed by atoms with E-state index in [0.29, 0.717) is 6.42 Å². The maximum atomic E-state index is 13.6. The van der Waals surface area contributed by atoms with E-state index in [1.165, 1.54) is 6.92 Å². The molecule has 0 amide bonds. The van der Waals surface area contributed by atoms with E-state index >= 15 is 0 Å². The smallest absolute Gasteiger partial charge is 0.219 e. The highest BCUT2D eigenvalue weighted by atomic mass is 32.1. The summed E-state index contributed by atoms with van der Waals surface area (Å²) in [5.41, 5.74) is 0. The quantitative estimate of drug-likeness (QED) is 0.502. The van der Waals surface area contributed by atoms with Crippen LogP contribution in [0.4, 0.5) is 13.2 Å². The van der Waals surface area contributed by atoms with Crippen molar-refractivity contribution in [3.63, 3.8) is 0 Å². The molecule has 0 radical (unpaired) electrons. The van der Waals surface area contributed by atoms with Crippen LogP contribution < -0.4 is 0 Å². The fraction of sp³-hybridized carbons (Fsp3) is 1.00. The van der Waals surface area contributed by atoms with Crippen LogP contribution in [0.1, 0.15) is 26.2 Å². The topological polar surface area (TPSA) is 3.24 Å². The molecule has 0 spiro atoms.